The molecule has 0 atom stereocenters. The molecular formula is C57H57F3N4. The van der Waals surface area contributed by atoms with E-state index in [9.17, 15) is 5.26 Å². The summed E-state index contributed by atoms with van der Waals surface area (Å²) in [6, 6.07) is 9.89. The van der Waals surface area contributed by atoms with Crippen molar-refractivity contribution >= 4 is 39.8 Å². The summed E-state index contributed by atoms with van der Waals surface area (Å²) < 4.78 is 45.8. The molecule has 0 aliphatic carbocycles. The number of fused-ring (bicyclic) bond motifs is 4. The lowest BCUT2D eigenvalue weighted by Crippen LogP contribution is -2.29. The molecule has 7 heteroatoms. The van der Waals surface area contributed by atoms with Crippen LogP contribution < -0.4 is 9.80 Å². The first kappa shape index (κ1) is 44.3. The topological polar surface area (TPSA) is 34.6 Å². The number of rotatable bonds is 3. The normalized spacial score (nSPS) is 13.0. The lowest BCUT2D eigenvalue weighted by Gasteiger charge is -2.44. The molecule has 326 valence electrons. The van der Waals surface area contributed by atoms with Gasteiger partial charge in [0.1, 0.15) is 6.07 Å². The Morgan fingerprint density at radius 3 is 1.19 bits per heavy atom. The van der Waals surface area contributed by atoms with Crippen molar-refractivity contribution in [2.24, 2.45) is 0 Å². The third-order valence-electron chi connectivity index (χ3n) is 16.1. The molecule has 0 saturated heterocycles. The molecule has 2 heterocycles. The molecule has 0 aromatic heterocycles. The van der Waals surface area contributed by atoms with Gasteiger partial charge in [0.15, 0.2) is 5.69 Å². The van der Waals surface area contributed by atoms with Gasteiger partial charge in [-0.15, -0.1) is 0 Å². The summed E-state index contributed by atoms with van der Waals surface area (Å²) in [6.45, 7) is 42.4. The average molecular weight is 855 g/mol. The van der Waals surface area contributed by atoms with Crippen LogP contribution in [-0.4, -0.2) is 0 Å². The third kappa shape index (κ3) is 6.14. The Morgan fingerprint density at radius 2 is 0.844 bits per heavy atom. The molecule has 0 bridgehead atoms. The van der Waals surface area contributed by atoms with Gasteiger partial charge in [0.05, 0.1) is 51.8 Å². The highest BCUT2D eigenvalue weighted by atomic mass is 19.4. The van der Waals surface area contributed by atoms with Gasteiger partial charge in [0.2, 0.25) is 0 Å². The molecule has 6 aromatic rings. The van der Waals surface area contributed by atoms with Crippen LogP contribution in [0.15, 0.2) is 30.3 Å². The highest BCUT2D eigenvalue weighted by Gasteiger charge is 2.40. The Bertz CT molecular complexity index is 3050. The fourth-order valence-electron chi connectivity index (χ4n) is 11.0. The maximum atomic E-state index is 15.3. The maximum absolute atomic E-state index is 15.3. The van der Waals surface area contributed by atoms with Crippen molar-refractivity contribution in [2.45, 2.75) is 130 Å². The van der Waals surface area contributed by atoms with Crippen LogP contribution in [0.25, 0.3) is 16.0 Å². The van der Waals surface area contributed by atoms with Gasteiger partial charge in [0.25, 0.3) is 0 Å². The monoisotopic (exact) mass is 854 g/mol. The van der Waals surface area contributed by atoms with Crippen LogP contribution >= 0.6 is 0 Å². The van der Waals surface area contributed by atoms with Gasteiger partial charge in [-0.1, -0.05) is 12.1 Å². The summed E-state index contributed by atoms with van der Waals surface area (Å²) in [5, 5.41) is 11.7. The number of nitriles is 1. The van der Waals surface area contributed by atoms with E-state index in [0.717, 1.165) is 73.3 Å². The standard InChI is InChI=1S/C57H57F3N4/c1-26-30(5)38(13)52-46(34(26)9)23-47-35(10)27(2)31(6)39(14)53(47)63(52)51-21-42(45-19-18-44(62-17)22-50(45)57(58,59)60)20-43(25-61)56(51)64-54-40(15)32(7)28(3)36(11)48(54)24-49-37(12)29(4)33(8)41(16)55(49)64/h18-22H,23-24H2,1-16H3. The van der Waals surface area contributed by atoms with E-state index >= 15 is 13.2 Å². The number of nitrogens with zero attached hydrogens (tertiary/aromatic N) is 4. The largest absolute Gasteiger partial charge is 0.415 e. The smallest absolute Gasteiger partial charge is 0.307 e. The lowest BCUT2D eigenvalue weighted by atomic mass is 9.79. The molecule has 4 nitrogen and oxygen atoms in total. The summed E-state index contributed by atoms with van der Waals surface area (Å²) in [6.07, 6.45) is -3.36. The molecule has 2 aliphatic rings. The molecule has 0 saturated carbocycles. The summed E-state index contributed by atoms with van der Waals surface area (Å²) in [4.78, 5) is 8.02. The van der Waals surface area contributed by atoms with Gasteiger partial charge in [-0.3, -0.25) is 0 Å². The maximum Gasteiger partial charge on any atom is 0.415 e. The zero-order chi connectivity index (χ0) is 46.9. The van der Waals surface area contributed by atoms with Crippen LogP contribution in [0.5, 0.6) is 0 Å². The molecule has 0 radical (unpaired) electrons. The van der Waals surface area contributed by atoms with Gasteiger partial charge in [-0.25, -0.2) is 4.85 Å². The Labute approximate surface area is 377 Å². The second-order valence-corrected chi connectivity index (χ2v) is 18.7. The Kier molecular flexibility index (Phi) is 10.5. The second-order valence-electron chi connectivity index (χ2n) is 18.7. The molecule has 0 N–H and O–H groups in total. The second kappa shape index (κ2) is 15.2. The van der Waals surface area contributed by atoms with Gasteiger partial charge >= 0.3 is 6.18 Å². The Balaban J connectivity index is 1.68. The zero-order valence-corrected chi connectivity index (χ0v) is 40.2. The quantitative estimate of drug-likeness (QED) is 0.166. The van der Waals surface area contributed by atoms with Crippen molar-refractivity contribution in [3.63, 3.8) is 0 Å². The van der Waals surface area contributed by atoms with Crippen molar-refractivity contribution < 1.29 is 13.2 Å². The SMILES string of the molecule is [C-]#[N+]c1ccc(-c2cc(C#N)c(N3c4c(C)c(C)c(C)c(C)c4Cc4c(C)c(C)c(C)c(C)c43)c(N3c4c(C)c(C)c(C)c(C)c4Cc4c(C)c(C)c(C)c(C)c43)c2)c(C(F)(F)F)c1. The molecule has 0 amide bonds. The fraction of sp³-hybridized carbons (Fsp3) is 0.333. The van der Waals surface area contributed by atoms with Crippen molar-refractivity contribution in [1.82, 2.24) is 0 Å². The Hall–Kier alpha value is -6.31. The highest BCUT2D eigenvalue weighted by Crippen LogP contribution is 2.59. The molecule has 0 unspecified atom stereocenters. The van der Waals surface area contributed by atoms with E-state index in [0.29, 0.717) is 24.2 Å². The van der Waals surface area contributed by atoms with E-state index < -0.39 is 11.7 Å². The summed E-state index contributed by atoms with van der Waals surface area (Å²) in [7, 11) is 0. The summed E-state index contributed by atoms with van der Waals surface area (Å²) >= 11 is 0. The van der Waals surface area contributed by atoms with E-state index in [4.69, 9.17) is 6.57 Å². The van der Waals surface area contributed by atoms with Gasteiger partial charge < -0.3 is 9.80 Å². The Morgan fingerprint density at radius 1 is 0.484 bits per heavy atom. The first-order valence-electron chi connectivity index (χ1n) is 22.1. The molecule has 8 rings (SSSR count). The van der Waals surface area contributed by atoms with Crippen LogP contribution in [-0.2, 0) is 19.0 Å². The number of anilines is 6. The minimum absolute atomic E-state index is 0.0842. The minimum atomic E-state index is -4.77. The summed E-state index contributed by atoms with van der Waals surface area (Å²) in [5.74, 6) is 0. The number of benzene rings is 6. The molecular weight excluding hydrogens is 798 g/mol. The third-order valence-corrected chi connectivity index (χ3v) is 16.1. The number of hydrogen-bond acceptors (Lipinski definition) is 3. The predicted molar refractivity (Wildman–Crippen MR) is 259 cm³/mol. The van der Waals surface area contributed by atoms with Crippen molar-refractivity contribution in [1.29, 1.82) is 5.26 Å². The number of alkyl halides is 3. The van der Waals surface area contributed by atoms with E-state index in [-0.39, 0.29) is 22.4 Å². The predicted octanol–water partition coefficient (Wildman–Crippen LogP) is 16.5. The average Bonchev–Trinajstić information content (AvgIpc) is 3.28. The number of halogens is 3. The van der Waals surface area contributed by atoms with Gasteiger partial charge in [0, 0.05) is 12.8 Å². The fourth-order valence-corrected chi connectivity index (χ4v) is 11.0. The number of hydrogen-bond donors (Lipinski definition) is 0. The van der Waals surface area contributed by atoms with Crippen molar-refractivity contribution in [2.75, 3.05) is 9.80 Å². The van der Waals surface area contributed by atoms with E-state index in [1.54, 1.807) is 6.07 Å². The van der Waals surface area contributed by atoms with Crippen LogP contribution in [0.1, 0.15) is 122 Å². The van der Waals surface area contributed by atoms with E-state index in [1.165, 1.54) is 78.9 Å². The minimum Gasteiger partial charge on any atom is -0.307 e. The van der Waals surface area contributed by atoms with Crippen LogP contribution in [0.2, 0.25) is 0 Å². The van der Waals surface area contributed by atoms with E-state index in [2.05, 4.69) is 131 Å². The van der Waals surface area contributed by atoms with Crippen LogP contribution in [0.4, 0.5) is 53.0 Å². The van der Waals surface area contributed by atoms with Crippen molar-refractivity contribution in [3.8, 4) is 17.2 Å². The lowest BCUT2D eigenvalue weighted by molar-refractivity contribution is -0.137. The first-order valence-corrected chi connectivity index (χ1v) is 22.1. The summed E-state index contributed by atoms with van der Waals surface area (Å²) in [5.41, 5.74) is 28.0. The van der Waals surface area contributed by atoms with Gasteiger partial charge in [-0.05, 0) is 251 Å². The van der Waals surface area contributed by atoms with E-state index in [1.807, 2.05) is 6.07 Å². The van der Waals surface area contributed by atoms with Crippen molar-refractivity contribution in [3.05, 3.63) is 164 Å². The van der Waals surface area contributed by atoms with Crippen LogP contribution in [0, 0.1) is 129 Å². The molecule has 64 heavy (non-hydrogen) atoms. The molecule has 0 spiro atoms. The molecule has 0 fully saturated rings. The highest BCUT2D eigenvalue weighted by molar-refractivity contribution is 6.03. The zero-order valence-electron chi connectivity index (χ0n) is 40.2. The molecule has 6 aromatic carbocycles. The first-order chi connectivity index (χ1) is 30.0. The molecule has 2 aliphatic heterocycles. The van der Waals surface area contributed by atoms with Crippen LogP contribution in [0.3, 0.4) is 0 Å². The van der Waals surface area contributed by atoms with Gasteiger partial charge in [-0.2, -0.15) is 18.4 Å².